The Morgan fingerprint density at radius 3 is 2.46 bits per heavy atom. The van der Waals surface area contributed by atoms with E-state index in [-0.39, 0.29) is 30.2 Å². The van der Waals surface area contributed by atoms with Gasteiger partial charge in [0.05, 0.1) is 20.6 Å². The standard InChI is InChI=1S/C17H23ClN2O4/c1-23-14-4-3-12(9-15(14)24-2)10-16(21)19-13-5-7-20(8-6-13)17(22)11-18/h3-4,9,13H,5-8,10-11H2,1-2H3,(H,19,21). The molecule has 1 saturated heterocycles. The third kappa shape index (κ3) is 4.77. The molecular weight excluding hydrogens is 332 g/mol. The number of ether oxygens (including phenoxy) is 2. The van der Waals surface area contributed by atoms with E-state index in [2.05, 4.69) is 5.32 Å². The van der Waals surface area contributed by atoms with Gasteiger partial charge < -0.3 is 19.7 Å². The Bertz CT molecular complexity index is 586. The number of amides is 2. The van der Waals surface area contributed by atoms with Crippen LogP contribution in [0.1, 0.15) is 18.4 Å². The van der Waals surface area contributed by atoms with Crippen LogP contribution in [0.15, 0.2) is 18.2 Å². The molecule has 0 atom stereocenters. The molecule has 1 fully saturated rings. The lowest BCUT2D eigenvalue weighted by Crippen LogP contribution is -2.47. The number of carbonyl (C=O) groups is 2. The molecular formula is C17H23ClN2O4. The van der Waals surface area contributed by atoms with Gasteiger partial charge in [0.15, 0.2) is 11.5 Å². The topological polar surface area (TPSA) is 67.9 Å². The highest BCUT2D eigenvalue weighted by atomic mass is 35.5. The Kier molecular flexibility index (Phi) is 6.73. The van der Waals surface area contributed by atoms with Gasteiger partial charge in [-0.25, -0.2) is 0 Å². The van der Waals surface area contributed by atoms with E-state index in [0.29, 0.717) is 24.6 Å². The molecule has 0 spiro atoms. The van der Waals surface area contributed by atoms with E-state index in [9.17, 15) is 9.59 Å². The molecule has 1 aromatic carbocycles. The van der Waals surface area contributed by atoms with Gasteiger partial charge in [0, 0.05) is 19.1 Å². The molecule has 6 nitrogen and oxygen atoms in total. The minimum absolute atomic E-state index is 0.0102. The Balaban J connectivity index is 1.85. The molecule has 0 aliphatic carbocycles. The van der Waals surface area contributed by atoms with Crippen LogP contribution in [-0.2, 0) is 16.0 Å². The SMILES string of the molecule is COc1ccc(CC(=O)NC2CCN(C(=O)CCl)CC2)cc1OC. The van der Waals surface area contributed by atoms with Gasteiger partial charge in [-0.2, -0.15) is 0 Å². The maximum atomic E-state index is 12.2. The molecule has 0 saturated carbocycles. The lowest BCUT2D eigenvalue weighted by molar-refractivity contribution is -0.129. The summed E-state index contributed by atoms with van der Waals surface area (Å²) < 4.78 is 10.4. The number of methoxy groups -OCH3 is 2. The molecule has 7 heteroatoms. The minimum Gasteiger partial charge on any atom is -0.493 e. The second kappa shape index (κ2) is 8.78. The summed E-state index contributed by atoms with van der Waals surface area (Å²) in [6.45, 7) is 1.26. The fourth-order valence-corrected chi connectivity index (χ4v) is 2.98. The highest BCUT2D eigenvalue weighted by Crippen LogP contribution is 2.27. The maximum Gasteiger partial charge on any atom is 0.237 e. The summed E-state index contributed by atoms with van der Waals surface area (Å²) in [5, 5.41) is 3.03. The summed E-state index contributed by atoms with van der Waals surface area (Å²) in [5.74, 6) is 1.17. The predicted molar refractivity (Wildman–Crippen MR) is 91.7 cm³/mol. The van der Waals surface area contributed by atoms with Crippen LogP contribution in [0, 0.1) is 0 Å². The molecule has 1 aliphatic rings. The first kappa shape index (κ1) is 18.4. The first-order valence-electron chi connectivity index (χ1n) is 7.91. The Hall–Kier alpha value is -1.95. The number of nitrogens with one attached hydrogen (secondary N) is 1. The quantitative estimate of drug-likeness (QED) is 0.788. The molecule has 132 valence electrons. The number of likely N-dealkylation sites (tertiary alicyclic amines) is 1. The average Bonchev–Trinajstić information content (AvgIpc) is 2.61. The first-order chi connectivity index (χ1) is 11.6. The Labute approximate surface area is 147 Å². The second-order valence-corrected chi connectivity index (χ2v) is 5.99. The smallest absolute Gasteiger partial charge is 0.237 e. The van der Waals surface area contributed by atoms with E-state index in [1.54, 1.807) is 31.3 Å². The highest BCUT2D eigenvalue weighted by Gasteiger charge is 2.23. The molecule has 0 radical (unpaired) electrons. The van der Waals surface area contributed by atoms with Crippen LogP contribution in [0.3, 0.4) is 0 Å². The number of carbonyl (C=O) groups excluding carboxylic acids is 2. The predicted octanol–water partition coefficient (Wildman–Crippen LogP) is 1.59. The fraction of sp³-hybridized carbons (Fsp3) is 0.529. The summed E-state index contributed by atoms with van der Waals surface area (Å²) in [4.78, 5) is 25.5. The number of hydrogen-bond acceptors (Lipinski definition) is 4. The van der Waals surface area contributed by atoms with Crippen molar-refractivity contribution in [2.75, 3.05) is 33.2 Å². The van der Waals surface area contributed by atoms with Gasteiger partial charge in [0.1, 0.15) is 5.88 Å². The van der Waals surface area contributed by atoms with Crippen LogP contribution in [0.4, 0.5) is 0 Å². The number of alkyl halides is 1. The molecule has 1 aromatic rings. The van der Waals surface area contributed by atoms with Crippen molar-refractivity contribution in [2.24, 2.45) is 0 Å². The van der Waals surface area contributed by atoms with E-state index in [4.69, 9.17) is 21.1 Å². The zero-order chi connectivity index (χ0) is 17.5. The van der Waals surface area contributed by atoms with Gasteiger partial charge in [-0.3, -0.25) is 9.59 Å². The molecule has 1 N–H and O–H groups in total. The number of benzene rings is 1. The molecule has 0 bridgehead atoms. The van der Waals surface area contributed by atoms with Crippen LogP contribution in [0.5, 0.6) is 11.5 Å². The summed E-state index contributed by atoms with van der Waals surface area (Å²) in [6.07, 6.45) is 1.78. The Morgan fingerprint density at radius 2 is 1.88 bits per heavy atom. The second-order valence-electron chi connectivity index (χ2n) is 5.72. The highest BCUT2D eigenvalue weighted by molar-refractivity contribution is 6.27. The van der Waals surface area contributed by atoms with Gasteiger partial charge in [0.2, 0.25) is 11.8 Å². The molecule has 2 rings (SSSR count). The van der Waals surface area contributed by atoms with E-state index in [0.717, 1.165) is 18.4 Å². The third-order valence-corrected chi connectivity index (χ3v) is 4.37. The number of hydrogen-bond donors (Lipinski definition) is 1. The van der Waals surface area contributed by atoms with E-state index >= 15 is 0 Å². The van der Waals surface area contributed by atoms with E-state index < -0.39 is 0 Å². The number of nitrogens with zero attached hydrogens (tertiary/aromatic N) is 1. The molecule has 1 heterocycles. The van der Waals surface area contributed by atoms with Crippen molar-refractivity contribution in [2.45, 2.75) is 25.3 Å². The van der Waals surface area contributed by atoms with Gasteiger partial charge in [-0.05, 0) is 30.5 Å². The molecule has 0 aromatic heterocycles. The van der Waals surface area contributed by atoms with Gasteiger partial charge in [-0.15, -0.1) is 11.6 Å². The van der Waals surface area contributed by atoms with Crippen molar-refractivity contribution in [1.29, 1.82) is 0 Å². The van der Waals surface area contributed by atoms with Crippen molar-refractivity contribution in [3.8, 4) is 11.5 Å². The van der Waals surface area contributed by atoms with Gasteiger partial charge in [0.25, 0.3) is 0 Å². The van der Waals surface area contributed by atoms with Crippen molar-refractivity contribution < 1.29 is 19.1 Å². The average molecular weight is 355 g/mol. The largest absolute Gasteiger partial charge is 0.493 e. The summed E-state index contributed by atoms with van der Waals surface area (Å²) >= 11 is 5.56. The molecule has 2 amide bonds. The Morgan fingerprint density at radius 1 is 1.21 bits per heavy atom. The van der Waals surface area contributed by atoms with Crippen LogP contribution in [0.25, 0.3) is 0 Å². The lowest BCUT2D eigenvalue weighted by atomic mass is 10.0. The van der Waals surface area contributed by atoms with Crippen molar-refractivity contribution in [3.05, 3.63) is 23.8 Å². The summed E-state index contributed by atoms with van der Waals surface area (Å²) in [7, 11) is 3.14. The lowest BCUT2D eigenvalue weighted by Gasteiger charge is -2.32. The van der Waals surface area contributed by atoms with Crippen LogP contribution >= 0.6 is 11.6 Å². The van der Waals surface area contributed by atoms with Crippen molar-refractivity contribution in [3.63, 3.8) is 0 Å². The normalized spacial score (nSPS) is 15.0. The van der Waals surface area contributed by atoms with E-state index in [1.165, 1.54) is 0 Å². The number of rotatable bonds is 6. The number of piperidine rings is 1. The summed E-state index contributed by atoms with van der Waals surface area (Å²) in [6, 6.07) is 5.54. The zero-order valence-corrected chi connectivity index (χ0v) is 14.8. The summed E-state index contributed by atoms with van der Waals surface area (Å²) in [5.41, 5.74) is 0.861. The zero-order valence-electron chi connectivity index (χ0n) is 14.0. The molecule has 0 unspecified atom stereocenters. The molecule has 24 heavy (non-hydrogen) atoms. The first-order valence-corrected chi connectivity index (χ1v) is 8.44. The van der Waals surface area contributed by atoms with Gasteiger partial charge in [-0.1, -0.05) is 6.07 Å². The van der Waals surface area contributed by atoms with Crippen LogP contribution in [-0.4, -0.2) is 55.9 Å². The van der Waals surface area contributed by atoms with Crippen LogP contribution < -0.4 is 14.8 Å². The third-order valence-electron chi connectivity index (χ3n) is 4.14. The van der Waals surface area contributed by atoms with Crippen molar-refractivity contribution in [1.82, 2.24) is 10.2 Å². The molecule has 1 aliphatic heterocycles. The number of halogens is 1. The van der Waals surface area contributed by atoms with Crippen LogP contribution in [0.2, 0.25) is 0 Å². The van der Waals surface area contributed by atoms with Crippen molar-refractivity contribution >= 4 is 23.4 Å². The van der Waals surface area contributed by atoms with Gasteiger partial charge >= 0.3 is 0 Å². The maximum absolute atomic E-state index is 12.2. The minimum atomic E-state index is -0.0493. The fourth-order valence-electron chi connectivity index (χ4n) is 2.81. The monoisotopic (exact) mass is 354 g/mol. The van der Waals surface area contributed by atoms with E-state index in [1.807, 2.05) is 6.07 Å².